The summed E-state index contributed by atoms with van der Waals surface area (Å²) in [5.41, 5.74) is 4.26. The van der Waals surface area contributed by atoms with E-state index in [1.54, 1.807) is 17.0 Å². The van der Waals surface area contributed by atoms with E-state index in [-0.39, 0.29) is 11.9 Å². The Kier molecular flexibility index (Phi) is 4.31. The van der Waals surface area contributed by atoms with Gasteiger partial charge in [-0.2, -0.15) is 5.10 Å². The molecule has 1 aliphatic rings. The van der Waals surface area contributed by atoms with Crippen LogP contribution in [-0.4, -0.2) is 29.2 Å². The zero-order chi connectivity index (χ0) is 19.1. The third-order valence-electron chi connectivity index (χ3n) is 4.70. The summed E-state index contributed by atoms with van der Waals surface area (Å²) >= 11 is 3.43. The number of benzene rings is 2. The molecule has 7 heteroatoms. The summed E-state index contributed by atoms with van der Waals surface area (Å²) in [6.07, 6.45) is 0. The van der Waals surface area contributed by atoms with Crippen molar-refractivity contribution >= 4 is 33.5 Å². The van der Waals surface area contributed by atoms with Crippen LogP contribution in [0.3, 0.4) is 0 Å². The van der Waals surface area contributed by atoms with E-state index < -0.39 is 5.97 Å². The Hall–Kier alpha value is -2.93. The molecule has 1 aromatic heterocycles. The molecule has 1 aliphatic heterocycles. The van der Waals surface area contributed by atoms with Crippen molar-refractivity contribution in [2.24, 2.45) is 0 Å². The Morgan fingerprint density at radius 2 is 1.81 bits per heavy atom. The van der Waals surface area contributed by atoms with Gasteiger partial charge in [0, 0.05) is 21.4 Å². The van der Waals surface area contributed by atoms with Gasteiger partial charge in [-0.25, -0.2) is 4.79 Å². The smallest absolute Gasteiger partial charge is 0.337 e. The highest BCUT2D eigenvalue weighted by molar-refractivity contribution is 9.10. The van der Waals surface area contributed by atoms with Gasteiger partial charge in [-0.3, -0.25) is 14.8 Å². The number of rotatable bonds is 3. The molecule has 1 amide bonds. The fraction of sp³-hybridized carbons (Fsp3) is 0.150. The molecule has 0 radical (unpaired) electrons. The molecule has 4 rings (SSSR count). The number of ether oxygens (including phenoxy) is 1. The molecule has 0 fully saturated rings. The van der Waals surface area contributed by atoms with Gasteiger partial charge in [-0.15, -0.1) is 0 Å². The van der Waals surface area contributed by atoms with Crippen LogP contribution in [0, 0.1) is 6.92 Å². The minimum atomic E-state index is -0.394. The Balaban J connectivity index is 1.83. The van der Waals surface area contributed by atoms with Crippen molar-refractivity contribution in [3.8, 4) is 0 Å². The van der Waals surface area contributed by atoms with Crippen LogP contribution in [0.15, 0.2) is 53.0 Å². The summed E-state index contributed by atoms with van der Waals surface area (Å²) in [7, 11) is 1.35. The number of hydrogen-bond acceptors (Lipinski definition) is 4. The largest absolute Gasteiger partial charge is 0.465 e. The number of halogens is 1. The minimum absolute atomic E-state index is 0.154. The van der Waals surface area contributed by atoms with Crippen molar-refractivity contribution in [3.05, 3.63) is 81.1 Å². The maximum atomic E-state index is 13.1. The van der Waals surface area contributed by atoms with Crippen LogP contribution in [-0.2, 0) is 4.74 Å². The van der Waals surface area contributed by atoms with E-state index in [1.165, 1.54) is 7.11 Å². The average molecular weight is 426 g/mol. The van der Waals surface area contributed by atoms with Gasteiger partial charge in [0.05, 0.1) is 18.7 Å². The second kappa shape index (κ2) is 6.66. The molecule has 0 saturated carbocycles. The van der Waals surface area contributed by atoms with Crippen molar-refractivity contribution in [2.45, 2.75) is 13.0 Å². The predicted octanol–water partition coefficient (Wildman–Crippen LogP) is 4.02. The zero-order valence-corrected chi connectivity index (χ0v) is 16.3. The van der Waals surface area contributed by atoms with Crippen molar-refractivity contribution < 1.29 is 14.3 Å². The van der Waals surface area contributed by atoms with E-state index in [4.69, 9.17) is 4.74 Å². The van der Waals surface area contributed by atoms with Crippen LogP contribution < -0.4 is 4.90 Å². The fourth-order valence-corrected chi connectivity index (χ4v) is 3.66. The van der Waals surface area contributed by atoms with Gasteiger partial charge < -0.3 is 4.74 Å². The molecule has 0 aliphatic carbocycles. The van der Waals surface area contributed by atoms with Crippen molar-refractivity contribution in [2.75, 3.05) is 12.0 Å². The quantitative estimate of drug-likeness (QED) is 0.643. The summed E-state index contributed by atoms with van der Waals surface area (Å²) in [6, 6.07) is 14.4. The summed E-state index contributed by atoms with van der Waals surface area (Å²) in [5, 5.41) is 7.12. The molecule has 3 aromatic rings. The molecular formula is C20H16BrN3O3. The standard InChI is InChI=1S/C20H16BrN3O3/c1-11-16-17(23-22-11)19(25)24(15-9-7-14(21)8-10-15)18(16)12-3-5-13(6-4-12)20(26)27-2/h3-10,18H,1-2H3,(H,22,23)/t18-/m0/s1. The molecule has 0 saturated heterocycles. The summed E-state index contributed by atoms with van der Waals surface area (Å²) in [5.74, 6) is -0.548. The molecule has 6 nitrogen and oxygen atoms in total. The number of aromatic amines is 1. The third-order valence-corrected chi connectivity index (χ3v) is 5.23. The highest BCUT2D eigenvalue weighted by Crippen LogP contribution is 2.42. The molecule has 0 unspecified atom stereocenters. The Morgan fingerprint density at radius 3 is 2.44 bits per heavy atom. The van der Waals surface area contributed by atoms with Gasteiger partial charge >= 0.3 is 5.97 Å². The number of esters is 1. The molecule has 27 heavy (non-hydrogen) atoms. The Morgan fingerprint density at radius 1 is 1.15 bits per heavy atom. The van der Waals surface area contributed by atoms with Gasteiger partial charge in [0.2, 0.25) is 0 Å². The number of amides is 1. The fourth-order valence-electron chi connectivity index (χ4n) is 3.40. The van der Waals surface area contributed by atoms with E-state index in [0.29, 0.717) is 11.3 Å². The maximum absolute atomic E-state index is 13.1. The Labute approximate surface area is 164 Å². The number of aromatic nitrogens is 2. The summed E-state index contributed by atoms with van der Waals surface area (Å²) < 4.78 is 5.70. The highest BCUT2D eigenvalue weighted by Gasteiger charge is 2.42. The predicted molar refractivity (Wildman–Crippen MR) is 104 cm³/mol. The number of carbonyl (C=O) groups excluding carboxylic acids is 2. The molecule has 0 spiro atoms. The van der Waals surface area contributed by atoms with Gasteiger partial charge in [0.1, 0.15) is 0 Å². The molecule has 1 N–H and O–H groups in total. The molecule has 2 aromatic carbocycles. The monoisotopic (exact) mass is 425 g/mol. The first-order chi connectivity index (χ1) is 13.0. The lowest BCUT2D eigenvalue weighted by atomic mass is 9.98. The van der Waals surface area contributed by atoms with E-state index >= 15 is 0 Å². The van der Waals surface area contributed by atoms with Gasteiger partial charge in [-0.05, 0) is 48.9 Å². The van der Waals surface area contributed by atoms with Gasteiger partial charge in [0.15, 0.2) is 5.69 Å². The summed E-state index contributed by atoms with van der Waals surface area (Å²) in [6.45, 7) is 1.90. The maximum Gasteiger partial charge on any atom is 0.337 e. The number of carbonyl (C=O) groups is 2. The first-order valence-electron chi connectivity index (χ1n) is 8.33. The molecule has 0 bridgehead atoms. The molecular weight excluding hydrogens is 410 g/mol. The van der Waals surface area contributed by atoms with Crippen LogP contribution in [0.1, 0.15) is 43.7 Å². The van der Waals surface area contributed by atoms with Crippen molar-refractivity contribution in [3.63, 3.8) is 0 Å². The van der Waals surface area contributed by atoms with E-state index in [1.807, 2.05) is 43.3 Å². The Bertz CT molecular complexity index is 1030. The number of fused-ring (bicyclic) bond motifs is 1. The van der Waals surface area contributed by atoms with E-state index in [9.17, 15) is 9.59 Å². The second-order valence-corrected chi connectivity index (χ2v) is 7.19. The number of hydrogen-bond donors (Lipinski definition) is 1. The number of methoxy groups -OCH3 is 1. The van der Waals surface area contributed by atoms with E-state index in [0.717, 1.165) is 27.0 Å². The van der Waals surface area contributed by atoms with Gasteiger partial charge in [-0.1, -0.05) is 28.1 Å². The normalized spacial score (nSPS) is 15.7. The van der Waals surface area contributed by atoms with Crippen LogP contribution in [0.4, 0.5) is 5.69 Å². The minimum Gasteiger partial charge on any atom is -0.465 e. The average Bonchev–Trinajstić information content (AvgIpc) is 3.20. The zero-order valence-electron chi connectivity index (χ0n) is 14.7. The topological polar surface area (TPSA) is 75.3 Å². The van der Waals surface area contributed by atoms with Gasteiger partial charge in [0.25, 0.3) is 5.91 Å². The first-order valence-corrected chi connectivity index (χ1v) is 9.13. The van der Waals surface area contributed by atoms with E-state index in [2.05, 4.69) is 26.1 Å². The van der Waals surface area contributed by atoms with Crippen LogP contribution in [0.2, 0.25) is 0 Å². The third kappa shape index (κ3) is 2.84. The van der Waals surface area contributed by atoms with Crippen molar-refractivity contribution in [1.29, 1.82) is 0 Å². The lowest BCUT2D eigenvalue weighted by molar-refractivity contribution is 0.0600. The molecule has 2 heterocycles. The van der Waals surface area contributed by atoms with Crippen LogP contribution >= 0.6 is 15.9 Å². The summed E-state index contributed by atoms with van der Waals surface area (Å²) in [4.78, 5) is 26.5. The number of H-pyrrole nitrogens is 1. The lowest BCUT2D eigenvalue weighted by Gasteiger charge is -2.26. The number of anilines is 1. The number of nitrogens with one attached hydrogen (secondary N) is 1. The lowest BCUT2D eigenvalue weighted by Crippen LogP contribution is -2.29. The first kappa shape index (κ1) is 17.5. The number of nitrogens with zero attached hydrogens (tertiary/aromatic N) is 2. The number of aryl methyl sites for hydroxylation is 1. The second-order valence-electron chi connectivity index (χ2n) is 6.28. The highest BCUT2D eigenvalue weighted by atomic mass is 79.9. The molecule has 136 valence electrons. The van der Waals surface area contributed by atoms with Crippen molar-refractivity contribution in [1.82, 2.24) is 10.2 Å². The van der Waals surface area contributed by atoms with Crippen LogP contribution in [0.5, 0.6) is 0 Å². The molecule has 1 atom stereocenters. The van der Waals surface area contributed by atoms with Crippen LogP contribution in [0.25, 0.3) is 0 Å². The SMILES string of the molecule is COC(=O)c1ccc([C@H]2c3c(n[nH]c3C)C(=O)N2c2ccc(Br)cc2)cc1.